The molecule has 0 aromatic rings. The van der Waals surface area contributed by atoms with Crippen molar-refractivity contribution in [1.82, 2.24) is 10.6 Å². The highest BCUT2D eigenvalue weighted by molar-refractivity contribution is 5.72. The monoisotopic (exact) mass is 186 g/mol. The first-order valence-corrected chi connectivity index (χ1v) is 4.56. The number of rotatable bonds is 1. The Hall–Kier alpha value is -0.650. The molecule has 0 spiro atoms. The molecule has 2 aliphatic heterocycles. The molecule has 0 bridgehead atoms. The van der Waals surface area contributed by atoms with Crippen molar-refractivity contribution >= 4 is 5.97 Å². The summed E-state index contributed by atoms with van der Waals surface area (Å²) in [5.74, 6) is -0.173. The van der Waals surface area contributed by atoms with E-state index in [1.54, 1.807) is 0 Å². The van der Waals surface area contributed by atoms with Gasteiger partial charge in [-0.25, -0.2) is 0 Å². The van der Waals surface area contributed by atoms with Crippen LogP contribution in [0, 0.1) is 0 Å². The molecule has 2 atom stereocenters. The van der Waals surface area contributed by atoms with Gasteiger partial charge in [0.2, 0.25) is 0 Å². The first-order valence-electron chi connectivity index (χ1n) is 4.56. The molecule has 0 aliphatic carbocycles. The predicted octanol–water partition coefficient (Wildman–Crippen LogP) is -1.51. The standard InChI is InChI=1S/C8H14N2O3/c11-8-3-10-7(5-13-8)6-4-12-2-1-9-6/h6-7,9-10H,1-5H2. The van der Waals surface area contributed by atoms with Gasteiger partial charge in [0.1, 0.15) is 6.61 Å². The third-order valence-electron chi connectivity index (χ3n) is 2.37. The summed E-state index contributed by atoms with van der Waals surface area (Å²) in [6.45, 7) is 3.08. The minimum Gasteiger partial charge on any atom is -0.463 e. The maximum atomic E-state index is 10.8. The molecule has 2 aliphatic rings. The highest BCUT2D eigenvalue weighted by Crippen LogP contribution is 2.03. The van der Waals surface area contributed by atoms with Crippen LogP contribution in [-0.2, 0) is 14.3 Å². The second-order valence-electron chi connectivity index (χ2n) is 3.31. The van der Waals surface area contributed by atoms with Crippen LogP contribution in [0.4, 0.5) is 0 Å². The highest BCUT2D eigenvalue weighted by Gasteiger charge is 2.28. The molecule has 2 rings (SSSR count). The summed E-state index contributed by atoms with van der Waals surface area (Å²) >= 11 is 0. The average Bonchev–Trinajstić information content (AvgIpc) is 2.20. The van der Waals surface area contributed by atoms with Gasteiger partial charge >= 0.3 is 5.97 Å². The van der Waals surface area contributed by atoms with Gasteiger partial charge in [-0.15, -0.1) is 0 Å². The van der Waals surface area contributed by atoms with Crippen molar-refractivity contribution in [1.29, 1.82) is 0 Å². The van der Waals surface area contributed by atoms with Crippen LogP contribution >= 0.6 is 0 Å². The van der Waals surface area contributed by atoms with Gasteiger partial charge in [-0.3, -0.25) is 10.1 Å². The fourth-order valence-electron chi connectivity index (χ4n) is 1.61. The van der Waals surface area contributed by atoms with Crippen molar-refractivity contribution in [2.24, 2.45) is 0 Å². The zero-order chi connectivity index (χ0) is 9.10. The van der Waals surface area contributed by atoms with Gasteiger partial charge < -0.3 is 14.8 Å². The van der Waals surface area contributed by atoms with Crippen LogP contribution in [-0.4, -0.2) is 51.0 Å². The van der Waals surface area contributed by atoms with Crippen molar-refractivity contribution in [3.63, 3.8) is 0 Å². The molecule has 5 nitrogen and oxygen atoms in total. The summed E-state index contributed by atoms with van der Waals surface area (Å²) in [7, 11) is 0. The van der Waals surface area contributed by atoms with E-state index in [4.69, 9.17) is 9.47 Å². The van der Waals surface area contributed by atoms with E-state index >= 15 is 0 Å². The van der Waals surface area contributed by atoms with E-state index in [1.807, 2.05) is 0 Å². The van der Waals surface area contributed by atoms with Gasteiger partial charge in [-0.1, -0.05) is 0 Å². The molecule has 0 radical (unpaired) electrons. The quantitative estimate of drug-likeness (QED) is 0.488. The highest BCUT2D eigenvalue weighted by atomic mass is 16.5. The number of carbonyl (C=O) groups excluding carboxylic acids is 1. The number of carbonyl (C=O) groups is 1. The third-order valence-corrected chi connectivity index (χ3v) is 2.37. The molecule has 2 fully saturated rings. The summed E-state index contributed by atoms with van der Waals surface area (Å²) in [5, 5.41) is 6.45. The van der Waals surface area contributed by atoms with Crippen LogP contribution < -0.4 is 10.6 Å². The van der Waals surface area contributed by atoms with Gasteiger partial charge in [-0.05, 0) is 0 Å². The molecule has 0 amide bonds. The zero-order valence-electron chi connectivity index (χ0n) is 7.41. The van der Waals surface area contributed by atoms with E-state index in [-0.39, 0.29) is 18.1 Å². The summed E-state index contributed by atoms with van der Waals surface area (Å²) in [6.07, 6.45) is 0. The number of nitrogens with one attached hydrogen (secondary N) is 2. The summed E-state index contributed by atoms with van der Waals surface area (Å²) < 4.78 is 10.3. The Kier molecular flexibility index (Phi) is 2.77. The van der Waals surface area contributed by atoms with E-state index < -0.39 is 0 Å². The van der Waals surface area contributed by atoms with E-state index in [0.717, 1.165) is 13.2 Å². The van der Waals surface area contributed by atoms with Crippen molar-refractivity contribution in [2.75, 3.05) is 32.9 Å². The molecule has 2 N–H and O–H groups in total. The number of esters is 1. The molecule has 2 heterocycles. The minimum atomic E-state index is -0.173. The topological polar surface area (TPSA) is 59.6 Å². The first-order chi connectivity index (χ1) is 6.36. The molecular formula is C8H14N2O3. The normalized spacial score (nSPS) is 35.5. The first kappa shape index (κ1) is 8.93. The molecule has 0 aromatic carbocycles. The van der Waals surface area contributed by atoms with E-state index in [9.17, 15) is 4.79 Å². The number of ether oxygens (including phenoxy) is 2. The summed E-state index contributed by atoms with van der Waals surface area (Å²) in [6, 6.07) is 0.458. The third kappa shape index (κ3) is 2.18. The maximum Gasteiger partial charge on any atom is 0.319 e. The molecule has 13 heavy (non-hydrogen) atoms. The molecule has 2 saturated heterocycles. The lowest BCUT2D eigenvalue weighted by Gasteiger charge is -2.33. The van der Waals surface area contributed by atoms with Gasteiger partial charge in [0.25, 0.3) is 0 Å². The van der Waals surface area contributed by atoms with Crippen molar-refractivity contribution in [3.8, 4) is 0 Å². The van der Waals surface area contributed by atoms with Gasteiger partial charge in [0.05, 0.1) is 25.8 Å². The lowest BCUT2D eigenvalue weighted by Crippen LogP contribution is -2.59. The molecule has 2 unspecified atom stereocenters. The van der Waals surface area contributed by atoms with Crippen LogP contribution in [0.15, 0.2) is 0 Å². The Labute approximate surface area is 76.8 Å². The number of morpholine rings is 2. The van der Waals surface area contributed by atoms with Gasteiger partial charge in [-0.2, -0.15) is 0 Å². The lowest BCUT2D eigenvalue weighted by molar-refractivity contribution is -0.147. The zero-order valence-corrected chi connectivity index (χ0v) is 7.41. The number of hydrogen-bond donors (Lipinski definition) is 2. The smallest absolute Gasteiger partial charge is 0.319 e. The average molecular weight is 186 g/mol. The minimum absolute atomic E-state index is 0.173. The Morgan fingerprint density at radius 3 is 2.69 bits per heavy atom. The largest absolute Gasteiger partial charge is 0.463 e. The number of hydrogen-bond acceptors (Lipinski definition) is 5. The Balaban J connectivity index is 1.82. The molecule has 5 heteroatoms. The maximum absolute atomic E-state index is 10.8. The molecule has 74 valence electrons. The van der Waals surface area contributed by atoms with E-state index in [2.05, 4.69) is 10.6 Å². The Bertz CT molecular complexity index is 182. The Morgan fingerprint density at radius 1 is 1.23 bits per heavy atom. The Morgan fingerprint density at radius 2 is 2.08 bits per heavy atom. The van der Waals surface area contributed by atoms with Crippen LogP contribution in [0.5, 0.6) is 0 Å². The van der Waals surface area contributed by atoms with E-state index in [1.165, 1.54) is 0 Å². The van der Waals surface area contributed by atoms with Crippen LogP contribution in [0.25, 0.3) is 0 Å². The summed E-state index contributed by atoms with van der Waals surface area (Å²) in [5.41, 5.74) is 0. The van der Waals surface area contributed by atoms with Crippen molar-refractivity contribution < 1.29 is 14.3 Å². The fraction of sp³-hybridized carbons (Fsp3) is 0.875. The van der Waals surface area contributed by atoms with Gasteiger partial charge in [0, 0.05) is 12.6 Å². The van der Waals surface area contributed by atoms with Crippen LogP contribution in [0.1, 0.15) is 0 Å². The predicted molar refractivity (Wildman–Crippen MR) is 45.4 cm³/mol. The fourth-order valence-corrected chi connectivity index (χ4v) is 1.61. The van der Waals surface area contributed by atoms with E-state index in [0.29, 0.717) is 19.8 Å². The van der Waals surface area contributed by atoms with Crippen molar-refractivity contribution in [3.05, 3.63) is 0 Å². The molecule has 0 saturated carbocycles. The lowest BCUT2D eigenvalue weighted by atomic mass is 10.1. The van der Waals surface area contributed by atoms with Gasteiger partial charge in [0.15, 0.2) is 0 Å². The van der Waals surface area contributed by atoms with Crippen LogP contribution in [0.2, 0.25) is 0 Å². The van der Waals surface area contributed by atoms with Crippen molar-refractivity contribution in [2.45, 2.75) is 12.1 Å². The molecular weight excluding hydrogens is 172 g/mol. The van der Waals surface area contributed by atoms with Crippen LogP contribution in [0.3, 0.4) is 0 Å². The number of cyclic esters (lactones) is 1. The summed E-state index contributed by atoms with van der Waals surface area (Å²) in [4.78, 5) is 10.8. The second kappa shape index (κ2) is 4.04. The molecule has 0 aromatic heterocycles. The SMILES string of the molecule is O=C1CNC(C2COCCN2)CO1. The second-order valence-corrected chi connectivity index (χ2v) is 3.31.